The quantitative estimate of drug-likeness (QED) is 0.798. The fraction of sp³-hybridized carbons (Fsp3) is 0.500. The molecule has 1 N–H and O–H groups in total. The van der Waals surface area contributed by atoms with Crippen LogP contribution in [0, 0.1) is 17.8 Å². The SMILES string of the molecule is CCN1C(C(=O)Nc2cccc(C(F)(F)F)n2)=CC(C2CC3C[C@@H]3C2)=NS1(=O)=O. The van der Waals surface area contributed by atoms with Crippen LogP contribution in [0.1, 0.15) is 31.9 Å². The topological polar surface area (TPSA) is 91.7 Å². The second kappa shape index (κ2) is 6.82. The molecule has 2 aliphatic carbocycles. The lowest BCUT2D eigenvalue weighted by Crippen LogP contribution is -2.39. The van der Waals surface area contributed by atoms with Crippen molar-refractivity contribution in [3.05, 3.63) is 35.7 Å². The average molecular weight is 428 g/mol. The molecular weight excluding hydrogens is 409 g/mol. The summed E-state index contributed by atoms with van der Waals surface area (Å²) < 4.78 is 68.4. The van der Waals surface area contributed by atoms with Crippen molar-refractivity contribution in [2.24, 2.45) is 22.2 Å². The molecule has 1 aromatic heterocycles. The number of likely N-dealkylation sites (N-methyl/N-ethyl adjacent to an activating group) is 1. The zero-order valence-electron chi connectivity index (χ0n) is 15.5. The third-order valence-electron chi connectivity index (χ3n) is 5.52. The molecule has 4 rings (SSSR count). The van der Waals surface area contributed by atoms with Crippen LogP contribution >= 0.6 is 0 Å². The monoisotopic (exact) mass is 428 g/mol. The summed E-state index contributed by atoms with van der Waals surface area (Å²) in [6.07, 6.45) is -0.400. The number of carbonyl (C=O) groups is 1. The van der Waals surface area contributed by atoms with Crippen LogP contribution in [0.3, 0.4) is 0 Å². The van der Waals surface area contributed by atoms with Crippen LogP contribution in [0.5, 0.6) is 0 Å². The minimum Gasteiger partial charge on any atom is -0.305 e. The van der Waals surface area contributed by atoms with E-state index in [0.29, 0.717) is 17.5 Å². The van der Waals surface area contributed by atoms with Gasteiger partial charge in [-0.15, -0.1) is 4.40 Å². The molecule has 3 aliphatic rings. The lowest BCUT2D eigenvalue weighted by atomic mass is 9.96. The molecule has 0 aromatic carbocycles. The van der Waals surface area contributed by atoms with Gasteiger partial charge < -0.3 is 5.32 Å². The molecular formula is C18H19F3N4O3S. The van der Waals surface area contributed by atoms with Gasteiger partial charge in [0.15, 0.2) is 0 Å². The number of fused-ring (bicyclic) bond motifs is 1. The Morgan fingerprint density at radius 3 is 2.55 bits per heavy atom. The van der Waals surface area contributed by atoms with Crippen LogP contribution < -0.4 is 5.32 Å². The van der Waals surface area contributed by atoms with Gasteiger partial charge in [0, 0.05) is 12.5 Å². The largest absolute Gasteiger partial charge is 0.433 e. The van der Waals surface area contributed by atoms with E-state index in [1.165, 1.54) is 12.1 Å². The predicted molar refractivity (Wildman–Crippen MR) is 99.0 cm³/mol. The minimum atomic E-state index is -4.66. The van der Waals surface area contributed by atoms with Crippen LogP contribution in [0.4, 0.5) is 19.0 Å². The van der Waals surface area contributed by atoms with E-state index in [1.807, 2.05) is 0 Å². The Bertz CT molecular complexity index is 1010. The van der Waals surface area contributed by atoms with E-state index < -0.39 is 28.0 Å². The number of carbonyl (C=O) groups excluding carboxylic acids is 1. The number of anilines is 1. The molecule has 1 amide bonds. The summed E-state index contributed by atoms with van der Waals surface area (Å²) in [4.78, 5) is 16.2. The number of alkyl halides is 3. The molecule has 156 valence electrons. The van der Waals surface area contributed by atoms with Crippen molar-refractivity contribution in [1.82, 2.24) is 9.29 Å². The molecule has 11 heteroatoms. The fourth-order valence-electron chi connectivity index (χ4n) is 4.05. The second-order valence-corrected chi connectivity index (χ2v) is 8.99. The highest BCUT2D eigenvalue weighted by Crippen LogP contribution is 2.55. The van der Waals surface area contributed by atoms with E-state index >= 15 is 0 Å². The summed E-state index contributed by atoms with van der Waals surface area (Å²) >= 11 is 0. The number of aromatic nitrogens is 1. The maximum absolute atomic E-state index is 12.8. The standard InChI is InChI=1S/C18H19F3N4O3S/c1-2-25-14(17(26)23-16-5-3-4-15(22-16)18(19,20)21)9-13(24-29(25,27)28)12-7-10-6-11(10)8-12/h3-5,9-12H,2,6-8H2,1H3,(H,22,23,26)/t10-,11?,12?/m1/s1. The Morgan fingerprint density at radius 2 is 1.93 bits per heavy atom. The van der Waals surface area contributed by atoms with E-state index in [1.54, 1.807) is 6.92 Å². The molecule has 0 radical (unpaired) electrons. The molecule has 0 spiro atoms. The first-order valence-electron chi connectivity index (χ1n) is 9.28. The number of allylic oxidation sites excluding steroid dienone is 1. The Morgan fingerprint density at radius 1 is 1.24 bits per heavy atom. The summed E-state index contributed by atoms with van der Waals surface area (Å²) in [5.74, 6) is -0.00523. The maximum Gasteiger partial charge on any atom is 0.433 e. The maximum atomic E-state index is 12.8. The van der Waals surface area contributed by atoms with Gasteiger partial charge in [0.05, 0.1) is 5.71 Å². The molecule has 29 heavy (non-hydrogen) atoms. The van der Waals surface area contributed by atoms with Crippen LogP contribution in [-0.4, -0.2) is 35.9 Å². The fourth-order valence-corrected chi connectivity index (χ4v) is 5.33. The number of nitrogens with zero attached hydrogens (tertiary/aromatic N) is 3. The first-order chi connectivity index (χ1) is 13.6. The Kier molecular flexibility index (Phi) is 4.67. The third-order valence-corrected chi connectivity index (χ3v) is 6.97. The highest BCUT2D eigenvalue weighted by Gasteiger charge is 2.48. The van der Waals surface area contributed by atoms with Crippen molar-refractivity contribution >= 4 is 27.6 Å². The molecule has 2 unspecified atom stereocenters. The van der Waals surface area contributed by atoms with Gasteiger partial charge in [0.25, 0.3) is 5.91 Å². The molecule has 1 aliphatic heterocycles. The van der Waals surface area contributed by atoms with Crippen molar-refractivity contribution < 1.29 is 26.4 Å². The smallest absolute Gasteiger partial charge is 0.305 e. The zero-order valence-corrected chi connectivity index (χ0v) is 16.3. The van der Waals surface area contributed by atoms with Gasteiger partial charge in [-0.3, -0.25) is 4.79 Å². The molecule has 3 atom stereocenters. The lowest BCUT2D eigenvalue weighted by molar-refractivity contribution is -0.141. The van der Waals surface area contributed by atoms with E-state index in [9.17, 15) is 26.4 Å². The second-order valence-electron chi connectivity index (χ2n) is 7.47. The molecule has 2 saturated carbocycles. The zero-order chi connectivity index (χ0) is 21.0. The normalized spacial score (nSPS) is 27.7. The van der Waals surface area contributed by atoms with Gasteiger partial charge in [0.1, 0.15) is 17.2 Å². The van der Waals surface area contributed by atoms with E-state index in [2.05, 4.69) is 14.7 Å². The number of halogens is 3. The van der Waals surface area contributed by atoms with E-state index in [0.717, 1.165) is 35.7 Å². The van der Waals surface area contributed by atoms with Crippen LogP contribution in [0.25, 0.3) is 0 Å². The van der Waals surface area contributed by atoms with Crippen LogP contribution in [-0.2, 0) is 21.2 Å². The summed E-state index contributed by atoms with van der Waals surface area (Å²) in [5, 5.41) is 2.28. The number of hydrogen-bond donors (Lipinski definition) is 1. The van der Waals surface area contributed by atoms with Crippen molar-refractivity contribution in [1.29, 1.82) is 0 Å². The number of rotatable bonds is 4. The lowest BCUT2D eigenvalue weighted by Gasteiger charge is -2.27. The molecule has 0 saturated heterocycles. The summed E-state index contributed by atoms with van der Waals surface area (Å²) in [5.41, 5.74) is -0.985. The average Bonchev–Trinajstić information content (AvgIpc) is 3.25. The van der Waals surface area contributed by atoms with Crippen molar-refractivity contribution in [3.63, 3.8) is 0 Å². The number of pyridine rings is 1. The van der Waals surface area contributed by atoms with Gasteiger partial charge in [0.2, 0.25) is 0 Å². The summed E-state index contributed by atoms with van der Waals surface area (Å²) in [7, 11) is -4.09. The molecule has 2 heterocycles. The predicted octanol–water partition coefficient (Wildman–Crippen LogP) is 2.99. The van der Waals surface area contributed by atoms with Gasteiger partial charge in [-0.05, 0) is 56.2 Å². The molecule has 1 aromatic rings. The molecule has 7 nitrogen and oxygen atoms in total. The van der Waals surface area contributed by atoms with Crippen molar-refractivity contribution in [3.8, 4) is 0 Å². The van der Waals surface area contributed by atoms with Crippen molar-refractivity contribution in [2.75, 3.05) is 11.9 Å². The third kappa shape index (κ3) is 3.87. The Balaban J connectivity index is 1.61. The number of amides is 1. The Hall–Kier alpha value is -2.43. The van der Waals surface area contributed by atoms with Gasteiger partial charge in [-0.25, -0.2) is 9.29 Å². The van der Waals surface area contributed by atoms with Gasteiger partial charge in [-0.2, -0.15) is 21.6 Å². The summed E-state index contributed by atoms with van der Waals surface area (Å²) in [6.45, 7) is 1.51. The molecule has 0 bridgehead atoms. The first kappa shape index (κ1) is 19.9. The van der Waals surface area contributed by atoms with E-state index in [-0.39, 0.29) is 24.0 Å². The van der Waals surface area contributed by atoms with Crippen LogP contribution in [0.2, 0.25) is 0 Å². The molecule has 2 fully saturated rings. The number of hydrogen-bond acceptors (Lipinski definition) is 4. The first-order valence-corrected chi connectivity index (χ1v) is 10.7. The minimum absolute atomic E-state index is 0.0259. The highest BCUT2D eigenvalue weighted by atomic mass is 32.2. The highest BCUT2D eigenvalue weighted by molar-refractivity contribution is 7.88. The van der Waals surface area contributed by atoms with Crippen LogP contribution in [0.15, 0.2) is 34.4 Å². The summed E-state index contributed by atoms with van der Waals surface area (Å²) in [6, 6.07) is 3.11. The van der Waals surface area contributed by atoms with Gasteiger partial charge in [-0.1, -0.05) is 6.07 Å². The van der Waals surface area contributed by atoms with Gasteiger partial charge >= 0.3 is 16.4 Å². The number of nitrogens with one attached hydrogen (secondary N) is 1. The van der Waals surface area contributed by atoms with E-state index in [4.69, 9.17) is 0 Å². The Labute approximate surface area is 165 Å². The van der Waals surface area contributed by atoms with Crippen molar-refractivity contribution in [2.45, 2.75) is 32.4 Å².